The van der Waals surface area contributed by atoms with Gasteiger partial charge in [0.15, 0.2) is 0 Å². The highest BCUT2D eigenvalue weighted by Gasteiger charge is 2.33. The van der Waals surface area contributed by atoms with Gasteiger partial charge < -0.3 is 10.6 Å². The molecule has 0 aromatic heterocycles. The van der Waals surface area contributed by atoms with E-state index in [1.165, 1.54) is 25.7 Å². The molecular weight excluding hydrogens is 184 g/mol. The molecule has 15 heavy (non-hydrogen) atoms. The Hall–Kier alpha value is -0.0800. The first-order valence-corrected chi connectivity index (χ1v) is 6.33. The number of nitrogens with one attached hydrogen (secondary N) is 2. The van der Waals surface area contributed by atoms with Gasteiger partial charge in [-0.3, -0.25) is 0 Å². The normalized spacial score (nSPS) is 30.2. The van der Waals surface area contributed by atoms with Crippen LogP contribution in [0.2, 0.25) is 0 Å². The molecule has 0 bridgehead atoms. The van der Waals surface area contributed by atoms with Gasteiger partial charge in [0.05, 0.1) is 0 Å². The van der Waals surface area contributed by atoms with Crippen LogP contribution in [0.15, 0.2) is 0 Å². The third kappa shape index (κ3) is 3.46. The minimum absolute atomic E-state index is 0.381. The van der Waals surface area contributed by atoms with E-state index in [0.29, 0.717) is 11.5 Å². The highest BCUT2D eigenvalue weighted by molar-refractivity contribution is 4.89. The number of hydrogen-bond acceptors (Lipinski definition) is 2. The van der Waals surface area contributed by atoms with E-state index in [0.717, 1.165) is 12.0 Å². The van der Waals surface area contributed by atoms with Crippen LogP contribution in [0.4, 0.5) is 0 Å². The van der Waals surface area contributed by atoms with Gasteiger partial charge in [-0.05, 0) is 51.1 Å². The van der Waals surface area contributed by atoms with Gasteiger partial charge in [-0.2, -0.15) is 0 Å². The van der Waals surface area contributed by atoms with Crippen molar-refractivity contribution in [3.05, 3.63) is 0 Å². The fraction of sp³-hybridized carbons (Fsp3) is 1.00. The van der Waals surface area contributed by atoms with Crippen molar-refractivity contribution in [3.63, 3.8) is 0 Å². The third-order valence-corrected chi connectivity index (χ3v) is 3.90. The Balaban J connectivity index is 2.50. The summed E-state index contributed by atoms with van der Waals surface area (Å²) in [6.07, 6.45) is 5.42. The van der Waals surface area contributed by atoms with Crippen molar-refractivity contribution >= 4 is 0 Å². The van der Waals surface area contributed by atoms with E-state index >= 15 is 0 Å². The Morgan fingerprint density at radius 3 is 1.87 bits per heavy atom. The second-order valence-corrected chi connectivity index (χ2v) is 6.03. The first-order chi connectivity index (χ1) is 6.99. The van der Waals surface area contributed by atoms with Gasteiger partial charge in [-0.1, -0.05) is 20.8 Å². The second kappa shape index (κ2) is 5.31. The van der Waals surface area contributed by atoms with Crippen LogP contribution in [0.5, 0.6) is 0 Å². The molecular formula is C13H28N2. The molecule has 0 saturated heterocycles. The third-order valence-electron chi connectivity index (χ3n) is 3.90. The van der Waals surface area contributed by atoms with E-state index in [4.69, 9.17) is 0 Å². The van der Waals surface area contributed by atoms with Gasteiger partial charge in [0, 0.05) is 12.1 Å². The predicted octanol–water partition coefficient (Wildman–Crippen LogP) is 2.40. The molecule has 0 aromatic rings. The van der Waals surface area contributed by atoms with Crippen LogP contribution in [0, 0.1) is 11.3 Å². The molecule has 1 atom stereocenters. The SMILES string of the molecule is CNC1CCC(C(NC)C(C)(C)C)CC1. The molecule has 0 heterocycles. The molecule has 1 unspecified atom stereocenters. The Bertz CT molecular complexity index is 175. The first kappa shape index (κ1) is 13.0. The van der Waals surface area contributed by atoms with Gasteiger partial charge in [-0.15, -0.1) is 0 Å². The van der Waals surface area contributed by atoms with E-state index in [1.807, 2.05) is 0 Å². The van der Waals surface area contributed by atoms with Crippen molar-refractivity contribution in [2.75, 3.05) is 14.1 Å². The summed E-state index contributed by atoms with van der Waals surface area (Å²) in [5.74, 6) is 0.861. The first-order valence-electron chi connectivity index (χ1n) is 6.33. The lowest BCUT2D eigenvalue weighted by Crippen LogP contribution is -2.46. The lowest BCUT2D eigenvalue weighted by molar-refractivity contribution is 0.154. The van der Waals surface area contributed by atoms with E-state index in [-0.39, 0.29) is 0 Å². The van der Waals surface area contributed by atoms with Crippen LogP contribution in [0.3, 0.4) is 0 Å². The Kier molecular flexibility index (Phi) is 4.60. The van der Waals surface area contributed by atoms with E-state index in [9.17, 15) is 0 Å². The lowest BCUT2D eigenvalue weighted by Gasteiger charge is -2.40. The Morgan fingerprint density at radius 1 is 1.00 bits per heavy atom. The number of hydrogen-bond donors (Lipinski definition) is 2. The van der Waals surface area contributed by atoms with Gasteiger partial charge in [-0.25, -0.2) is 0 Å². The Morgan fingerprint density at radius 2 is 1.53 bits per heavy atom. The van der Waals surface area contributed by atoms with Gasteiger partial charge in [0.2, 0.25) is 0 Å². The zero-order valence-electron chi connectivity index (χ0n) is 11.1. The topological polar surface area (TPSA) is 24.1 Å². The van der Waals surface area contributed by atoms with Crippen LogP contribution in [0.1, 0.15) is 46.5 Å². The maximum Gasteiger partial charge on any atom is 0.0141 e. The molecule has 0 radical (unpaired) electrons. The molecule has 2 nitrogen and oxygen atoms in total. The highest BCUT2D eigenvalue weighted by Crippen LogP contribution is 2.34. The van der Waals surface area contributed by atoms with E-state index < -0.39 is 0 Å². The maximum atomic E-state index is 3.52. The molecule has 1 aliphatic carbocycles. The van der Waals surface area contributed by atoms with Crippen LogP contribution in [0.25, 0.3) is 0 Å². The van der Waals surface area contributed by atoms with Crippen molar-refractivity contribution in [2.45, 2.75) is 58.5 Å². The summed E-state index contributed by atoms with van der Waals surface area (Å²) in [7, 11) is 4.20. The summed E-state index contributed by atoms with van der Waals surface area (Å²) < 4.78 is 0. The van der Waals surface area contributed by atoms with Gasteiger partial charge in [0.25, 0.3) is 0 Å². The molecule has 1 saturated carbocycles. The molecule has 2 N–H and O–H groups in total. The standard InChI is InChI=1S/C13H28N2/c1-13(2,3)12(15-5)10-6-8-11(14-4)9-7-10/h10-12,14-15H,6-9H2,1-5H3. The predicted molar refractivity (Wildman–Crippen MR) is 67.1 cm³/mol. The zero-order valence-corrected chi connectivity index (χ0v) is 11.1. The largest absolute Gasteiger partial charge is 0.317 e. The summed E-state index contributed by atoms with van der Waals surface area (Å²) >= 11 is 0. The van der Waals surface area contributed by atoms with Crippen molar-refractivity contribution in [1.29, 1.82) is 0 Å². The summed E-state index contributed by atoms with van der Waals surface area (Å²) in [4.78, 5) is 0. The van der Waals surface area contributed by atoms with Crippen LogP contribution in [-0.2, 0) is 0 Å². The quantitative estimate of drug-likeness (QED) is 0.750. The van der Waals surface area contributed by atoms with Crippen molar-refractivity contribution in [3.8, 4) is 0 Å². The molecule has 2 heteroatoms. The lowest BCUT2D eigenvalue weighted by atomic mass is 9.72. The van der Waals surface area contributed by atoms with E-state index in [2.05, 4.69) is 45.5 Å². The monoisotopic (exact) mass is 212 g/mol. The average molecular weight is 212 g/mol. The molecule has 0 aromatic carbocycles. The summed E-state index contributed by atoms with van der Waals surface area (Å²) in [6.45, 7) is 7.04. The average Bonchev–Trinajstić information content (AvgIpc) is 2.18. The fourth-order valence-electron chi connectivity index (χ4n) is 3.12. The smallest absolute Gasteiger partial charge is 0.0141 e. The molecule has 0 amide bonds. The highest BCUT2D eigenvalue weighted by atomic mass is 14.9. The zero-order chi connectivity index (χ0) is 11.5. The minimum atomic E-state index is 0.381. The van der Waals surface area contributed by atoms with Gasteiger partial charge >= 0.3 is 0 Å². The Labute approximate surface area is 95.2 Å². The van der Waals surface area contributed by atoms with Crippen LogP contribution in [-0.4, -0.2) is 26.2 Å². The van der Waals surface area contributed by atoms with Crippen molar-refractivity contribution in [2.24, 2.45) is 11.3 Å². The second-order valence-electron chi connectivity index (χ2n) is 6.03. The molecule has 90 valence electrons. The summed E-state index contributed by atoms with van der Waals surface area (Å²) in [6, 6.07) is 1.43. The van der Waals surface area contributed by atoms with Crippen LogP contribution < -0.4 is 10.6 Å². The summed E-state index contributed by atoms with van der Waals surface area (Å²) in [5.41, 5.74) is 0.381. The van der Waals surface area contributed by atoms with E-state index in [1.54, 1.807) is 0 Å². The molecule has 0 spiro atoms. The molecule has 0 aliphatic heterocycles. The van der Waals surface area contributed by atoms with Crippen LogP contribution >= 0.6 is 0 Å². The maximum absolute atomic E-state index is 3.52. The van der Waals surface area contributed by atoms with Crippen molar-refractivity contribution < 1.29 is 0 Å². The van der Waals surface area contributed by atoms with Crippen molar-refractivity contribution in [1.82, 2.24) is 10.6 Å². The molecule has 1 aliphatic rings. The minimum Gasteiger partial charge on any atom is -0.317 e. The van der Waals surface area contributed by atoms with Gasteiger partial charge in [0.1, 0.15) is 0 Å². The number of rotatable bonds is 3. The summed E-state index contributed by atoms with van der Waals surface area (Å²) in [5, 5.41) is 6.92. The molecule has 1 fully saturated rings. The fourth-order valence-corrected chi connectivity index (χ4v) is 3.12. The molecule has 1 rings (SSSR count).